The molecule has 3 rings (SSSR count). The minimum absolute atomic E-state index is 0.108. The van der Waals surface area contributed by atoms with Crippen LogP contribution in [0.4, 0.5) is 17.2 Å². The van der Waals surface area contributed by atoms with Crippen molar-refractivity contribution in [3.63, 3.8) is 0 Å². The van der Waals surface area contributed by atoms with Crippen molar-refractivity contribution in [3.05, 3.63) is 77.5 Å². The van der Waals surface area contributed by atoms with E-state index in [1.165, 1.54) is 6.07 Å². The summed E-state index contributed by atoms with van der Waals surface area (Å²) in [6.07, 6.45) is 0. The summed E-state index contributed by atoms with van der Waals surface area (Å²) in [5.74, 6) is -0.0640. The SMILES string of the molecule is N#Cc1ccccc1NC(=O)c1ccc(Nc2ccccc2C#N)nn1. The molecule has 0 aliphatic carbocycles. The molecule has 1 aromatic heterocycles. The third-order valence-corrected chi connectivity index (χ3v) is 3.50. The van der Waals surface area contributed by atoms with Gasteiger partial charge in [0.25, 0.3) is 5.91 Å². The lowest BCUT2D eigenvalue weighted by atomic mass is 10.2. The summed E-state index contributed by atoms with van der Waals surface area (Å²) in [7, 11) is 0. The maximum Gasteiger partial charge on any atom is 0.276 e. The molecule has 1 heterocycles. The van der Waals surface area contributed by atoms with Crippen molar-refractivity contribution in [3.8, 4) is 12.1 Å². The van der Waals surface area contributed by atoms with Crippen LogP contribution in [0.1, 0.15) is 21.6 Å². The zero-order valence-corrected chi connectivity index (χ0v) is 13.5. The lowest BCUT2D eigenvalue weighted by Gasteiger charge is -2.08. The van der Waals surface area contributed by atoms with Crippen LogP contribution in [0.15, 0.2) is 60.7 Å². The molecule has 0 bridgehead atoms. The number of amides is 1. The van der Waals surface area contributed by atoms with Gasteiger partial charge in [-0.2, -0.15) is 10.5 Å². The Labute approximate surface area is 149 Å². The van der Waals surface area contributed by atoms with E-state index >= 15 is 0 Å². The molecule has 26 heavy (non-hydrogen) atoms. The normalized spacial score (nSPS) is 9.62. The van der Waals surface area contributed by atoms with E-state index < -0.39 is 5.91 Å². The minimum atomic E-state index is -0.468. The van der Waals surface area contributed by atoms with Gasteiger partial charge in [-0.1, -0.05) is 24.3 Å². The fourth-order valence-electron chi connectivity index (χ4n) is 2.22. The summed E-state index contributed by atoms with van der Waals surface area (Å²) in [4.78, 5) is 12.3. The summed E-state index contributed by atoms with van der Waals surface area (Å²) >= 11 is 0. The molecule has 2 aromatic carbocycles. The molecule has 0 radical (unpaired) electrons. The van der Waals surface area contributed by atoms with Gasteiger partial charge in [-0.25, -0.2) is 0 Å². The second-order valence-corrected chi connectivity index (χ2v) is 5.20. The number of carbonyl (C=O) groups excluding carboxylic acids is 1. The van der Waals surface area contributed by atoms with Crippen LogP contribution >= 0.6 is 0 Å². The van der Waals surface area contributed by atoms with E-state index in [-0.39, 0.29) is 5.69 Å². The van der Waals surface area contributed by atoms with E-state index in [1.54, 1.807) is 54.6 Å². The average Bonchev–Trinajstić information content (AvgIpc) is 2.69. The molecule has 0 saturated heterocycles. The van der Waals surface area contributed by atoms with Crippen LogP contribution in [-0.4, -0.2) is 16.1 Å². The first-order valence-electron chi connectivity index (χ1n) is 7.61. The number of anilines is 3. The largest absolute Gasteiger partial charge is 0.338 e. The Morgan fingerprint density at radius 1 is 0.808 bits per heavy atom. The van der Waals surface area contributed by atoms with E-state index in [1.807, 2.05) is 6.07 Å². The molecular formula is C19H12N6O. The highest BCUT2D eigenvalue weighted by molar-refractivity contribution is 6.03. The lowest BCUT2D eigenvalue weighted by molar-refractivity contribution is 0.102. The number of rotatable bonds is 4. The Balaban J connectivity index is 1.74. The predicted molar refractivity (Wildman–Crippen MR) is 95.6 cm³/mol. The summed E-state index contributed by atoms with van der Waals surface area (Å²) in [5.41, 5.74) is 1.96. The quantitative estimate of drug-likeness (QED) is 0.753. The van der Waals surface area contributed by atoms with Crippen LogP contribution in [0.2, 0.25) is 0 Å². The molecule has 7 nitrogen and oxygen atoms in total. The molecule has 2 N–H and O–H groups in total. The highest BCUT2D eigenvalue weighted by Gasteiger charge is 2.11. The monoisotopic (exact) mass is 340 g/mol. The predicted octanol–water partition coefficient (Wildman–Crippen LogP) is 3.22. The van der Waals surface area contributed by atoms with Crippen molar-refractivity contribution in [2.45, 2.75) is 0 Å². The molecule has 1 amide bonds. The van der Waals surface area contributed by atoms with Gasteiger partial charge in [0.2, 0.25) is 0 Å². The van der Waals surface area contributed by atoms with Crippen LogP contribution in [0.5, 0.6) is 0 Å². The molecule has 0 aliphatic rings. The second kappa shape index (κ2) is 7.56. The van der Waals surface area contributed by atoms with Gasteiger partial charge in [0.05, 0.1) is 22.5 Å². The van der Waals surface area contributed by atoms with Crippen LogP contribution < -0.4 is 10.6 Å². The summed E-state index contributed by atoms with van der Waals surface area (Å²) in [6, 6.07) is 20.9. The maximum absolute atomic E-state index is 12.3. The molecule has 7 heteroatoms. The number of hydrogen-bond acceptors (Lipinski definition) is 6. The van der Waals surface area contributed by atoms with Crippen molar-refractivity contribution in [2.24, 2.45) is 0 Å². The Morgan fingerprint density at radius 3 is 2.04 bits per heavy atom. The first-order chi connectivity index (χ1) is 12.7. The molecule has 0 aliphatic heterocycles. The standard InChI is InChI=1S/C19H12N6O/c20-11-13-5-1-3-7-15(13)22-18-10-9-17(24-25-18)19(26)23-16-8-4-2-6-14(16)12-21/h1-10H,(H,22,25)(H,23,26). The molecule has 0 fully saturated rings. The van der Waals surface area contributed by atoms with Gasteiger partial charge < -0.3 is 10.6 Å². The zero-order valence-electron chi connectivity index (χ0n) is 13.5. The third-order valence-electron chi connectivity index (χ3n) is 3.50. The highest BCUT2D eigenvalue weighted by atomic mass is 16.1. The van der Waals surface area contributed by atoms with Crippen LogP contribution in [-0.2, 0) is 0 Å². The number of hydrogen-bond donors (Lipinski definition) is 2. The number of aromatic nitrogens is 2. The molecule has 0 unspecified atom stereocenters. The molecular weight excluding hydrogens is 328 g/mol. The topological polar surface area (TPSA) is 114 Å². The summed E-state index contributed by atoms with van der Waals surface area (Å²) < 4.78 is 0. The van der Waals surface area contributed by atoms with Crippen molar-refractivity contribution in [1.82, 2.24) is 10.2 Å². The van der Waals surface area contributed by atoms with E-state index in [9.17, 15) is 4.79 Å². The summed E-state index contributed by atoms with van der Waals surface area (Å²) in [6.45, 7) is 0. The van der Waals surface area contributed by atoms with Crippen molar-refractivity contribution in [1.29, 1.82) is 10.5 Å². The number of para-hydroxylation sites is 2. The molecule has 0 saturated carbocycles. The van der Waals surface area contributed by atoms with E-state index in [0.29, 0.717) is 28.3 Å². The van der Waals surface area contributed by atoms with Gasteiger partial charge >= 0.3 is 0 Å². The number of nitriles is 2. The van der Waals surface area contributed by atoms with E-state index in [2.05, 4.69) is 26.9 Å². The Kier molecular flexibility index (Phi) is 4.83. The number of nitrogens with zero attached hydrogens (tertiary/aromatic N) is 4. The van der Waals surface area contributed by atoms with Gasteiger partial charge in [-0.05, 0) is 36.4 Å². The lowest BCUT2D eigenvalue weighted by Crippen LogP contribution is -2.15. The molecule has 3 aromatic rings. The fourth-order valence-corrected chi connectivity index (χ4v) is 2.22. The first-order valence-corrected chi connectivity index (χ1v) is 7.61. The molecule has 0 spiro atoms. The number of carbonyl (C=O) groups is 1. The fraction of sp³-hybridized carbons (Fsp3) is 0. The maximum atomic E-state index is 12.3. The Morgan fingerprint density at radius 2 is 1.42 bits per heavy atom. The van der Waals surface area contributed by atoms with E-state index in [4.69, 9.17) is 10.5 Å². The van der Waals surface area contributed by atoms with Crippen molar-refractivity contribution >= 4 is 23.1 Å². The smallest absolute Gasteiger partial charge is 0.276 e. The van der Waals surface area contributed by atoms with Crippen molar-refractivity contribution in [2.75, 3.05) is 10.6 Å². The van der Waals surface area contributed by atoms with Crippen LogP contribution in [0.25, 0.3) is 0 Å². The molecule has 0 atom stereocenters. The Bertz CT molecular complexity index is 1030. The van der Waals surface area contributed by atoms with Gasteiger partial charge in [0.15, 0.2) is 11.5 Å². The zero-order chi connectivity index (χ0) is 18.4. The third kappa shape index (κ3) is 3.64. The number of benzene rings is 2. The van der Waals surface area contributed by atoms with Crippen LogP contribution in [0, 0.1) is 22.7 Å². The first kappa shape index (κ1) is 16.6. The van der Waals surface area contributed by atoms with E-state index in [0.717, 1.165) is 0 Å². The minimum Gasteiger partial charge on any atom is -0.338 e. The summed E-state index contributed by atoms with van der Waals surface area (Å²) in [5, 5.41) is 31.6. The Hall–Kier alpha value is -4.23. The van der Waals surface area contributed by atoms with Gasteiger partial charge in [-0.3, -0.25) is 4.79 Å². The van der Waals surface area contributed by atoms with Gasteiger partial charge in [0.1, 0.15) is 12.1 Å². The highest BCUT2D eigenvalue weighted by Crippen LogP contribution is 2.19. The van der Waals surface area contributed by atoms with Crippen molar-refractivity contribution < 1.29 is 4.79 Å². The number of nitrogens with one attached hydrogen (secondary N) is 2. The van der Waals surface area contributed by atoms with Gasteiger partial charge in [-0.15, -0.1) is 10.2 Å². The van der Waals surface area contributed by atoms with Crippen LogP contribution in [0.3, 0.4) is 0 Å². The second-order valence-electron chi connectivity index (χ2n) is 5.20. The van der Waals surface area contributed by atoms with Gasteiger partial charge in [0, 0.05) is 0 Å². The molecule has 124 valence electrons. The average molecular weight is 340 g/mol.